The van der Waals surface area contributed by atoms with E-state index in [0.29, 0.717) is 12.1 Å². The van der Waals surface area contributed by atoms with Crippen LogP contribution in [-0.4, -0.2) is 43.4 Å². The molecule has 8 heteroatoms. The van der Waals surface area contributed by atoms with Gasteiger partial charge in [-0.2, -0.15) is 4.57 Å². The summed E-state index contributed by atoms with van der Waals surface area (Å²) in [6, 6.07) is 3.37. The fraction of sp³-hybridized carbons (Fsp3) is 0.333. The largest absolute Gasteiger partial charge is 1.00 e. The average Bonchev–Trinajstić information content (AvgIpc) is 2.56. The second-order valence-corrected chi connectivity index (χ2v) is 4.38. The third-order valence-corrected chi connectivity index (χ3v) is 2.84. The first-order chi connectivity index (χ1) is 10.5. The van der Waals surface area contributed by atoms with E-state index < -0.39 is 11.9 Å². The number of carbonyl (C=O) groups excluding carboxylic acids is 3. The molecule has 1 heterocycles. The highest BCUT2D eigenvalue weighted by Crippen LogP contribution is 2.00. The number of hydrogen-bond donors (Lipinski definition) is 0. The molecule has 0 bridgehead atoms. The maximum atomic E-state index is 12.0. The molecule has 1 rings (SSSR count). The normalized spacial score (nSPS) is 9.87. The maximum Gasteiger partial charge on any atom is 0.335 e. The fourth-order valence-electron chi connectivity index (χ4n) is 1.48. The zero-order valence-electron chi connectivity index (χ0n) is 13.2. The van der Waals surface area contributed by atoms with Crippen LogP contribution >= 0.6 is 0 Å². The van der Waals surface area contributed by atoms with Crippen LogP contribution in [0.3, 0.4) is 0 Å². The second kappa shape index (κ2) is 10.7. The number of hydrogen-bond acceptors (Lipinski definition) is 5. The van der Waals surface area contributed by atoms with Gasteiger partial charge in [-0.15, -0.1) is 0 Å². The van der Waals surface area contributed by atoms with Crippen LogP contribution < -0.4 is 28.5 Å². The molecule has 126 valence electrons. The Morgan fingerprint density at radius 2 is 1.91 bits per heavy atom. The Labute approximate surface area is 151 Å². The number of carbonyl (C=O) groups is 3. The van der Waals surface area contributed by atoms with Crippen molar-refractivity contribution in [1.29, 1.82) is 0 Å². The SMILES string of the molecule is CCN(C)C(=O)c1ccc[n+](COC(=O)C=CC(=O)OC)c1.[I-]. The molecule has 0 N–H and O–H groups in total. The zero-order chi connectivity index (χ0) is 16.5. The van der Waals surface area contributed by atoms with Crippen LogP contribution in [0.15, 0.2) is 36.7 Å². The highest BCUT2D eigenvalue weighted by Gasteiger charge is 2.14. The van der Waals surface area contributed by atoms with Gasteiger partial charge in [0.05, 0.1) is 7.11 Å². The first-order valence-corrected chi connectivity index (χ1v) is 6.65. The van der Waals surface area contributed by atoms with Gasteiger partial charge in [0.15, 0.2) is 12.4 Å². The predicted octanol–water partition coefficient (Wildman–Crippen LogP) is -2.70. The van der Waals surface area contributed by atoms with Gasteiger partial charge in [0, 0.05) is 31.8 Å². The van der Waals surface area contributed by atoms with E-state index in [1.165, 1.54) is 7.11 Å². The molecule has 0 aromatic carbocycles. The minimum atomic E-state index is -0.680. The molecule has 0 saturated carbocycles. The van der Waals surface area contributed by atoms with E-state index in [4.69, 9.17) is 4.74 Å². The molecule has 23 heavy (non-hydrogen) atoms. The molecule has 0 atom stereocenters. The molecule has 0 saturated heterocycles. The summed E-state index contributed by atoms with van der Waals surface area (Å²) in [7, 11) is 2.92. The quantitative estimate of drug-likeness (QED) is 0.211. The van der Waals surface area contributed by atoms with E-state index >= 15 is 0 Å². The molecule has 1 aromatic heterocycles. The summed E-state index contributed by atoms with van der Waals surface area (Å²) in [5.74, 6) is -1.44. The van der Waals surface area contributed by atoms with Crippen molar-refractivity contribution in [3.63, 3.8) is 0 Å². The fourth-order valence-corrected chi connectivity index (χ4v) is 1.48. The Morgan fingerprint density at radius 1 is 1.26 bits per heavy atom. The number of amides is 1. The molecule has 0 aliphatic rings. The van der Waals surface area contributed by atoms with Crippen molar-refractivity contribution in [2.45, 2.75) is 13.7 Å². The standard InChI is InChI=1S/C15H19N2O5.HI/c1-4-16(2)15(20)12-6-5-9-17(10-12)11-22-14(19)8-7-13(18)21-3;/h5-10H,4,11H2,1-3H3;1H/q+1;/p-1. The lowest BCUT2D eigenvalue weighted by atomic mass is 10.2. The van der Waals surface area contributed by atoms with Crippen molar-refractivity contribution in [3.05, 3.63) is 42.2 Å². The summed E-state index contributed by atoms with van der Waals surface area (Å²) < 4.78 is 10.9. The van der Waals surface area contributed by atoms with Crippen molar-refractivity contribution in [3.8, 4) is 0 Å². The first kappa shape index (κ1) is 21.0. The lowest BCUT2D eigenvalue weighted by Gasteiger charge is -2.13. The number of ether oxygens (including phenoxy) is 2. The third-order valence-electron chi connectivity index (χ3n) is 2.84. The molecular formula is C15H19IN2O5. The summed E-state index contributed by atoms with van der Waals surface area (Å²) in [6.07, 6.45) is 5.21. The van der Waals surface area contributed by atoms with Crippen molar-refractivity contribution >= 4 is 17.8 Å². The Kier molecular flexibility index (Phi) is 9.79. The molecule has 0 fully saturated rings. The summed E-state index contributed by atoms with van der Waals surface area (Å²) in [4.78, 5) is 35.8. The highest BCUT2D eigenvalue weighted by molar-refractivity contribution is 5.93. The summed E-state index contributed by atoms with van der Waals surface area (Å²) in [6.45, 7) is 2.41. The van der Waals surface area contributed by atoms with Crippen LogP contribution in [-0.2, 0) is 25.8 Å². The van der Waals surface area contributed by atoms with Gasteiger partial charge in [-0.1, -0.05) is 0 Å². The van der Waals surface area contributed by atoms with Gasteiger partial charge in [0.1, 0.15) is 5.56 Å². The number of halogens is 1. The number of aromatic nitrogens is 1. The van der Waals surface area contributed by atoms with Crippen LogP contribution in [0.25, 0.3) is 0 Å². The Bertz CT molecular complexity index is 589. The first-order valence-electron chi connectivity index (χ1n) is 6.65. The lowest BCUT2D eigenvalue weighted by Crippen LogP contribution is -3.00. The van der Waals surface area contributed by atoms with E-state index in [0.717, 1.165) is 12.2 Å². The third kappa shape index (κ3) is 7.22. The summed E-state index contributed by atoms with van der Waals surface area (Å²) >= 11 is 0. The van der Waals surface area contributed by atoms with Crippen LogP contribution in [0.5, 0.6) is 0 Å². The molecule has 1 amide bonds. The van der Waals surface area contributed by atoms with E-state index in [1.807, 2.05) is 6.92 Å². The van der Waals surface area contributed by atoms with E-state index in [-0.39, 0.29) is 36.6 Å². The van der Waals surface area contributed by atoms with E-state index in [1.54, 1.807) is 41.0 Å². The Balaban J connectivity index is 0.00000484. The van der Waals surface area contributed by atoms with Gasteiger partial charge in [-0.05, 0) is 13.0 Å². The second-order valence-electron chi connectivity index (χ2n) is 4.38. The van der Waals surface area contributed by atoms with Crippen molar-refractivity contribution in [2.75, 3.05) is 20.7 Å². The minimum Gasteiger partial charge on any atom is -1.00 e. The molecule has 7 nitrogen and oxygen atoms in total. The van der Waals surface area contributed by atoms with Gasteiger partial charge in [0.25, 0.3) is 12.6 Å². The molecule has 0 spiro atoms. The number of rotatable bonds is 6. The molecule has 0 aliphatic heterocycles. The maximum absolute atomic E-state index is 12.0. The van der Waals surface area contributed by atoms with Crippen molar-refractivity contribution in [2.24, 2.45) is 0 Å². The number of methoxy groups -OCH3 is 1. The smallest absolute Gasteiger partial charge is 0.335 e. The monoisotopic (exact) mass is 434 g/mol. The summed E-state index contributed by atoms with van der Waals surface area (Å²) in [5, 5.41) is 0. The van der Waals surface area contributed by atoms with E-state index in [2.05, 4.69) is 4.74 Å². The number of esters is 2. The highest BCUT2D eigenvalue weighted by atomic mass is 127. The van der Waals surface area contributed by atoms with Crippen molar-refractivity contribution < 1.29 is 52.4 Å². The molecule has 1 aromatic rings. The van der Waals surface area contributed by atoms with Gasteiger partial charge < -0.3 is 38.4 Å². The lowest BCUT2D eigenvalue weighted by molar-refractivity contribution is -0.727. The molecule has 0 unspecified atom stereocenters. The van der Waals surface area contributed by atoms with E-state index in [9.17, 15) is 14.4 Å². The van der Waals surface area contributed by atoms with Crippen LogP contribution in [0.4, 0.5) is 0 Å². The minimum absolute atomic E-state index is 0. The van der Waals surface area contributed by atoms with Crippen LogP contribution in [0.2, 0.25) is 0 Å². The van der Waals surface area contributed by atoms with Gasteiger partial charge in [0.2, 0.25) is 0 Å². The zero-order valence-corrected chi connectivity index (χ0v) is 15.3. The van der Waals surface area contributed by atoms with Gasteiger partial charge in [-0.3, -0.25) is 4.79 Å². The van der Waals surface area contributed by atoms with Gasteiger partial charge >= 0.3 is 11.9 Å². The molecule has 0 radical (unpaired) electrons. The predicted molar refractivity (Wildman–Crippen MR) is 76.5 cm³/mol. The summed E-state index contributed by atoms with van der Waals surface area (Å²) in [5.41, 5.74) is 0.494. The Morgan fingerprint density at radius 3 is 2.52 bits per heavy atom. The van der Waals surface area contributed by atoms with Crippen LogP contribution in [0.1, 0.15) is 17.3 Å². The van der Waals surface area contributed by atoms with Crippen LogP contribution in [0, 0.1) is 0 Å². The number of nitrogens with zero attached hydrogens (tertiary/aromatic N) is 2. The molecular weight excluding hydrogens is 415 g/mol. The number of pyridine rings is 1. The van der Waals surface area contributed by atoms with Gasteiger partial charge in [-0.25, -0.2) is 9.59 Å². The average molecular weight is 434 g/mol. The van der Waals surface area contributed by atoms with Crippen molar-refractivity contribution in [1.82, 2.24) is 4.90 Å². The molecule has 0 aliphatic carbocycles. The Hall–Kier alpha value is -1.97. The topological polar surface area (TPSA) is 76.8 Å².